The molecule has 110 valence electrons. The molecule has 0 aliphatic carbocycles. The standard InChI is InChI=1S/C12H14ClN3O3.ClH/c1-8-7-14-4-5-15(8)12(17)10-3-2-9(13)6-11(10)16(18)19;/h2-3,6,8,14H,4-5,7H2,1H3;1H/t8-;/m0./s1. The van der Waals surface area contributed by atoms with Crippen LogP contribution in [0.5, 0.6) is 0 Å². The van der Waals surface area contributed by atoms with Crippen LogP contribution in [0.3, 0.4) is 0 Å². The molecule has 0 aromatic heterocycles. The van der Waals surface area contributed by atoms with Crippen LogP contribution in [-0.2, 0) is 0 Å². The lowest BCUT2D eigenvalue weighted by Gasteiger charge is -2.33. The number of halogens is 2. The third-order valence-corrected chi connectivity index (χ3v) is 3.38. The first-order valence-corrected chi connectivity index (χ1v) is 6.34. The molecule has 1 aliphatic rings. The van der Waals surface area contributed by atoms with Crippen LogP contribution in [0.4, 0.5) is 5.69 Å². The lowest BCUT2D eigenvalue weighted by molar-refractivity contribution is -0.385. The van der Waals surface area contributed by atoms with Gasteiger partial charge in [0.05, 0.1) is 4.92 Å². The Labute approximate surface area is 127 Å². The van der Waals surface area contributed by atoms with Crippen LogP contribution in [-0.4, -0.2) is 41.4 Å². The van der Waals surface area contributed by atoms with E-state index in [1.165, 1.54) is 18.2 Å². The molecule has 1 amide bonds. The molecule has 20 heavy (non-hydrogen) atoms. The number of amides is 1. The quantitative estimate of drug-likeness (QED) is 0.669. The molecule has 1 saturated heterocycles. The molecule has 1 N–H and O–H groups in total. The van der Waals surface area contributed by atoms with Crippen molar-refractivity contribution in [1.29, 1.82) is 0 Å². The number of nitro groups is 1. The highest BCUT2D eigenvalue weighted by Crippen LogP contribution is 2.25. The molecule has 1 aliphatic heterocycles. The highest BCUT2D eigenvalue weighted by Gasteiger charge is 2.29. The minimum absolute atomic E-state index is 0. The normalized spacial score (nSPS) is 18.3. The highest BCUT2D eigenvalue weighted by molar-refractivity contribution is 6.31. The molecule has 2 rings (SSSR count). The number of nitrogens with one attached hydrogen (secondary N) is 1. The number of benzene rings is 1. The number of nitrogens with zero attached hydrogens (tertiary/aromatic N) is 2. The predicted octanol–water partition coefficient (Wildman–Crippen LogP) is 2.10. The fourth-order valence-electron chi connectivity index (χ4n) is 2.13. The van der Waals surface area contributed by atoms with Crippen LogP contribution < -0.4 is 5.32 Å². The van der Waals surface area contributed by atoms with E-state index in [0.29, 0.717) is 19.6 Å². The van der Waals surface area contributed by atoms with Gasteiger partial charge in [-0.05, 0) is 19.1 Å². The number of hydrogen-bond acceptors (Lipinski definition) is 4. The van der Waals surface area contributed by atoms with Crippen molar-refractivity contribution in [3.05, 3.63) is 38.9 Å². The van der Waals surface area contributed by atoms with Gasteiger partial charge in [-0.25, -0.2) is 0 Å². The van der Waals surface area contributed by atoms with Crippen molar-refractivity contribution in [3.63, 3.8) is 0 Å². The van der Waals surface area contributed by atoms with E-state index in [9.17, 15) is 14.9 Å². The Morgan fingerprint density at radius 1 is 1.55 bits per heavy atom. The van der Waals surface area contributed by atoms with Crippen LogP contribution in [0, 0.1) is 10.1 Å². The maximum Gasteiger partial charge on any atom is 0.283 e. The third-order valence-electron chi connectivity index (χ3n) is 3.15. The lowest BCUT2D eigenvalue weighted by Crippen LogP contribution is -2.52. The summed E-state index contributed by atoms with van der Waals surface area (Å²) in [6.45, 7) is 3.83. The molecule has 0 spiro atoms. The van der Waals surface area contributed by atoms with E-state index in [2.05, 4.69) is 5.32 Å². The van der Waals surface area contributed by atoms with Gasteiger partial charge in [-0.2, -0.15) is 0 Å². The van der Waals surface area contributed by atoms with Crippen molar-refractivity contribution in [2.45, 2.75) is 13.0 Å². The lowest BCUT2D eigenvalue weighted by atomic mass is 10.1. The van der Waals surface area contributed by atoms with E-state index < -0.39 is 4.92 Å². The van der Waals surface area contributed by atoms with E-state index >= 15 is 0 Å². The Morgan fingerprint density at radius 3 is 2.85 bits per heavy atom. The van der Waals surface area contributed by atoms with E-state index in [-0.39, 0.29) is 40.6 Å². The first-order valence-electron chi connectivity index (χ1n) is 5.96. The number of nitro benzene ring substituents is 1. The SMILES string of the molecule is C[C@H]1CNCCN1C(=O)c1ccc(Cl)cc1[N+](=O)[O-].Cl. The third kappa shape index (κ3) is 3.39. The average molecular weight is 320 g/mol. The van der Waals surface area contributed by atoms with E-state index in [1.54, 1.807) is 4.90 Å². The smallest absolute Gasteiger partial charge is 0.283 e. The van der Waals surface area contributed by atoms with Gasteiger partial charge in [-0.3, -0.25) is 14.9 Å². The summed E-state index contributed by atoms with van der Waals surface area (Å²) >= 11 is 5.74. The molecule has 1 aromatic carbocycles. The average Bonchev–Trinajstić information content (AvgIpc) is 2.38. The van der Waals surface area contributed by atoms with Crippen LogP contribution in [0.25, 0.3) is 0 Å². The molecule has 0 radical (unpaired) electrons. The second-order valence-corrected chi connectivity index (χ2v) is 4.91. The number of carbonyl (C=O) groups excluding carboxylic acids is 1. The topological polar surface area (TPSA) is 75.5 Å². The summed E-state index contributed by atoms with van der Waals surface area (Å²) < 4.78 is 0. The summed E-state index contributed by atoms with van der Waals surface area (Å²) in [5.41, 5.74) is -0.161. The second-order valence-electron chi connectivity index (χ2n) is 4.47. The number of carbonyl (C=O) groups is 1. The zero-order valence-electron chi connectivity index (χ0n) is 10.8. The number of rotatable bonds is 2. The monoisotopic (exact) mass is 319 g/mol. The molecule has 6 nitrogen and oxygen atoms in total. The zero-order chi connectivity index (χ0) is 14.0. The Kier molecular flexibility index (Phi) is 5.74. The summed E-state index contributed by atoms with van der Waals surface area (Å²) in [5, 5.41) is 14.4. The van der Waals surface area contributed by atoms with E-state index in [1.807, 2.05) is 6.92 Å². The minimum atomic E-state index is -0.577. The molecular formula is C12H15Cl2N3O3. The van der Waals surface area contributed by atoms with Gasteiger partial charge in [0.25, 0.3) is 11.6 Å². The second kappa shape index (κ2) is 6.88. The van der Waals surface area contributed by atoms with Crippen LogP contribution >= 0.6 is 24.0 Å². The molecule has 1 heterocycles. The number of hydrogen-bond donors (Lipinski definition) is 1. The summed E-state index contributed by atoms with van der Waals surface area (Å²) in [5.74, 6) is -0.322. The van der Waals surface area contributed by atoms with Crippen molar-refractivity contribution in [2.75, 3.05) is 19.6 Å². The zero-order valence-corrected chi connectivity index (χ0v) is 12.4. The van der Waals surface area contributed by atoms with Crippen LogP contribution in [0.15, 0.2) is 18.2 Å². The van der Waals surface area contributed by atoms with Crippen molar-refractivity contribution < 1.29 is 9.72 Å². The van der Waals surface area contributed by atoms with Gasteiger partial charge >= 0.3 is 0 Å². The summed E-state index contributed by atoms with van der Waals surface area (Å²) in [6.07, 6.45) is 0. The number of piperazine rings is 1. The van der Waals surface area contributed by atoms with Crippen molar-refractivity contribution >= 4 is 35.6 Å². The van der Waals surface area contributed by atoms with Crippen LogP contribution in [0.1, 0.15) is 17.3 Å². The van der Waals surface area contributed by atoms with Gasteiger partial charge in [0.15, 0.2) is 0 Å². The molecule has 0 bridgehead atoms. The maximum atomic E-state index is 12.4. The van der Waals surface area contributed by atoms with Gasteiger partial charge in [-0.1, -0.05) is 11.6 Å². The summed E-state index contributed by atoms with van der Waals surface area (Å²) in [4.78, 5) is 24.5. The minimum Gasteiger partial charge on any atom is -0.333 e. The Balaban J connectivity index is 0.00000200. The molecule has 1 fully saturated rings. The van der Waals surface area contributed by atoms with E-state index in [0.717, 1.165) is 0 Å². The first-order chi connectivity index (χ1) is 9.00. The van der Waals surface area contributed by atoms with Gasteiger partial charge in [0.1, 0.15) is 5.56 Å². The molecule has 8 heteroatoms. The Bertz CT molecular complexity index is 525. The van der Waals surface area contributed by atoms with Gasteiger partial charge < -0.3 is 10.2 Å². The Morgan fingerprint density at radius 2 is 2.25 bits per heavy atom. The van der Waals surface area contributed by atoms with Gasteiger partial charge in [-0.15, -0.1) is 12.4 Å². The van der Waals surface area contributed by atoms with Crippen molar-refractivity contribution in [2.24, 2.45) is 0 Å². The molecular weight excluding hydrogens is 305 g/mol. The summed E-state index contributed by atoms with van der Waals surface area (Å²) in [7, 11) is 0. The van der Waals surface area contributed by atoms with Crippen LogP contribution in [0.2, 0.25) is 5.02 Å². The first kappa shape index (κ1) is 16.7. The predicted molar refractivity (Wildman–Crippen MR) is 78.7 cm³/mol. The van der Waals surface area contributed by atoms with Gasteiger partial charge in [0.2, 0.25) is 0 Å². The van der Waals surface area contributed by atoms with E-state index in [4.69, 9.17) is 11.6 Å². The molecule has 1 aromatic rings. The molecule has 0 unspecified atom stereocenters. The Hall–Kier alpha value is -1.37. The van der Waals surface area contributed by atoms with Gasteiger partial charge in [0, 0.05) is 36.8 Å². The largest absolute Gasteiger partial charge is 0.333 e. The van der Waals surface area contributed by atoms with Crippen molar-refractivity contribution in [1.82, 2.24) is 10.2 Å². The maximum absolute atomic E-state index is 12.4. The molecule has 0 saturated carbocycles. The summed E-state index contributed by atoms with van der Waals surface area (Å²) in [6, 6.07) is 4.13. The fourth-order valence-corrected chi connectivity index (χ4v) is 2.30. The fraction of sp³-hybridized carbons (Fsp3) is 0.417. The molecule has 1 atom stereocenters. The highest BCUT2D eigenvalue weighted by atomic mass is 35.5. The van der Waals surface area contributed by atoms with Crippen molar-refractivity contribution in [3.8, 4) is 0 Å².